The smallest absolute Gasteiger partial charge is 0.383 e. The van der Waals surface area contributed by atoms with Gasteiger partial charge in [-0.2, -0.15) is 0 Å². The Hall–Kier alpha value is -2.21. The van der Waals surface area contributed by atoms with Crippen molar-refractivity contribution in [3.8, 4) is 17.2 Å². The van der Waals surface area contributed by atoms with Gasteiger partial charge in [0.05, 0.1) is 18.6 Å². The SMILES string of the molecule is CCOc1c(O)c2cc(OCCCO)ccc2oc1=O. The number of aromatic hydroxyl groups is 1. The quantitative estimate of drug-likeness (QED) is 0.618. The summed E-state index contributed by atoms with van der Waals surface area (Å²) in [4.78, 5) is 11.6. The fraction of sp³-hybridized carbons (Fsp3) is 0.357. The predicted molar refractivity (Wildman–Crippen MR) is 72.5 cm³/mol. The van der Waals surface area contributed by atoms with Crippen LogP contribution in [-0.2, 0) is 0 Å². The number of rotatable bonds is 6. The van der Waals surface area contributed by atoms with Crippen molar-refractivity contribution in [2.24, 2.45) is 0 Å². The number of ether oxygens (including phenoxy) is 2. The standard InChI is InChI=1S/C14H16O6/c1-2-18-13-12(16)10-8-9(19-7-3-6-15)4-5-11(10)20-14(13)17/h4-5,8,15-16H,2-3,6-7H2,1H3. The first-order valence-corrected chi connectivity index (χ1v) is 6.33. The molecule has 6 heteroatoms. The highest BCUT2D eigenvalue weighted by Crippen LogP contribution is 2.33. The van der Waals surface area contributed by atoms with Crippen molar-refractivity contribution < 1.29 is 24.1 Å². The molecule has 1 aromatic heterocycles. The molecule has 2 rings (SSSR count). The Bertz CT molecular complexity index is 646. The first-order chi connectivity index (χ1) is 9.67. The van der Waals surface area contributed by atoms with E-state index in [0.717, 1.165) is 0 Å². The van der Waals surface area contributed by atoms with Gasteiger partial charge < -0.3 is 24.1 Å². The van der Waals surface area contributed by atoms with E-state index in [1.807, 2.05) is 0 Å². The number of fused-ring (bicyclic) bond motifs is 1. The zero-order valence-corrected chi connectivity index (χ0v) is 11.1. The summed E-state index contributed by atoms with van der Waals surface area (Å²) in [6, 6.07) is 4.73. The zero-order chi connectivity index (χ0) is 14.5. The van der Waals surface area contributed by atoms with Crippen LogP contribution in [0.4, 0.5) is 0 Å². The minimum atomic E-state index is -0.717. The fourth-order valence-corrected chi connectivity index (χ4v) is 1.76. The lowest BCUT2D eigenvalue weighted by Crippen LogP contribution is -2.07. The first-order valence-electron chi connectivity index (χ1n) is 6.33. The summed E-state index contributed by atoms with van der Waals surface area (Å²) in [5.74, 6) is 0.0516. The fourth-order valence-electron chi connectivity index (χ4n) is 1.76. The molecule has 1 heterocycles. The first kappa shape index (κ1) is 14.2. The lowest BCUT2D eigenvalue weighted by Gasteiger charge is -2.09. The van der Waals surface area contributed by atoms with Crippen molar-refractivity contribution in [3.63, 3.8) is 0 Å². The summed E-state index contributed by atoms with van der Waals surface area (Å²) in [7, 11) is 0. The number of aliphatic hydroxyl groups excluding tert-OH is 1. The van der Waals surface area contributed by atoms with Crippen LogP contribution in [0.15, 0.2) is 27.4 Å². The molecule has 0 radical (unpaired) electrons. The number of benzene rings is 1. The van der Waals surface area contributed by atoms with E-state index in [0.29, 0.717) is 24.2 Å². The highest BCUT2D eigenvalue weighted by atomic mass is 16.5. The van der Waals surface area contributed by atoms with E-state index in [1.165, 1.54) is 0 Å². The van der Waals surface area contributed by atoms with Crippen LogP contribution < -0.4 is 15.1 Å². The Morgan fingerprint density at radius 3 is 2.80 bits per heavy atom. The van der Waals surface area contributed by atoms with Gasteiger partial charge in [0.2, 0.25) is 5.75 Å². The molecule has 1 aromatic carbocycles. The highest BCUT2D eigenvalue weighted by molar-refractivity contribution is 5.86. The van der Waals surface area contributed by atoms with Gasteiger partial charge in [0, 0.05) is 13.0 Å². The van der Waals surface area contributed by atoms with Crippen LogP contribution in [-0.4, -0.2) is 30.0 Å². The molecule has 0 saturated heterocycles. The largest absolute Gasteiger partial charge is 0.504 e. The normalized spacial score (nSPS) is 10.7. The van der Waals surface area contributed by atoms with E-state index >= 15 is 0 Å². The van der Waals surface area contributed by atoms with Gasteiger partial charge >= 0.3 is 5.63 Å². The van der Waals surface area contributed by atoms with Crippen molar-refractivity contribution in [3.05, 3.63) is 28.6 Å². The minimum Gasteiger partial charge on any atom is -0.504 e. The average Bonchev–Trinajstić information content (AvgIpc) is 2.44. The maximum Gasteiger partial charge on any atom is 0.383 e. The van der Waals surface area contributed by atoms with Gasteiger partial charge in [0.15, 0.2) is 5.75 Å². The molecule has 0 spiro atoms. The van der Waals surface area contributed by atoms with Gasteiger partial charge in [-0.3, -0.25) is 0 Å². The monoisotopic (exact) mass is 280 g/mol. The molecule has 108 valence electrons. The lowest BCUT2D eigenvalue weighted by molar-refractivity contribution is 0.233. The maximum absolute atomic E-state index is 11.6. The lowest BCUT2D eigenvalue weighted by atomic mass is 10.2. The topological polar surface area (TPSA) is 89.1 Å². The second-order valence-electron chi connectivity index (χ2n) is 4.08. The molecule has 0 aliphatic rings. The van der Waals surface area contributed by atoms with Crippen LogP contribution in [0.25, 0.3) is 11.0 Å². The second kappa shape index (κ2) is 6.29. The molecule has 0 amide bonds. The Kier molecular flexibility index (Phi) is 4.47. The van der Waals surface area contributed by atoms with E-state index in [1.54, 1.807) is 25.1 Å². The van der Waals surface area contributed by atoms with Crippen molar-refractivity contribution >= 4 is 11.0 Å². The molecule has 2 N–H and O–H groups in total. The molecule has 6 nitrogen and oxygen atoms in total. The van der Waals surface area contributed by atoms with Gasteiger partial charge in [0.25, 0.3) is 0 Å². The highest BCUT2D eigenvalue weighted by Gasteiger charge is 2.15. The van der Waals surface area contributed by atoms with Crippen molar-refractivity contribution in [2.75, 3.05) is 19.8 Å². The van der Waals surface area contributed by atoms with Gasteiger partial charge in [0.1, 0.15) is 11.3 Å². The number of aliphatic hydroxyl groups is 1. The minimum absolute atomic E-state index is 0.0438. The second-order valence-corrected chi connectivity index (χ2v) is 4.08. The molecular formula is C14H16O6. The molecule has 0 bridgehead atoms. The van der Waals surface area contributed by atoms with Crippen LogP contribution in [0.2, 0.25) is 0 Å². The van der Waals surface area contributed by atoms with E-state index in [9.17, 15) is 9.90 Å². The summed E-state index contributed by atoms with van der Waals surface area (Å²) >= 11 is 0. The van der Waals surface area contributed by atoms with E-state index in [2.05, 4.69) is 0 Å². The van der Waals surface area contributed by atoms with Crippen LogP contribution in [0, 0.1) is 0 Å². The van der Waals surface area contributed by atoms with Gasteiger partial charge in [-0.1, -0.05) is 0 Å². The van der Waals surface area contributed by atoms with Crippen molar-refractivity contribution in [1.29, 1.82) is 0 Å². The molecule has 0 atom stereocenters. The molecule has 20 heavy (non-hydrogen) atoms. The summed E-state index contributed by atoms with van der Waals surface area (Å²) in [6.45, 7) is 2.36. The van der Waals surface area contributed by atoms with Crippen LogP contribution in [0.5, 0.6) is 17.2 Å². The van der Waals surface area contributed by atoms with Crippen molar-refractivity contribution in [1.82, 2.24) is 0 Å². The molecule has 2 aromatic rings. The van der Waals surface area contributed by atoms with E-state index in [4.69, 9.17) is 19.0 Å². The molecular weight excluding hydrogens is 264 g/mol. The molecule has 0 fully saturated rings. The third kappa shape index (κ3) is 2.85. The van der Waals surface area contributed by atoms with Gasteiger partial charge in [-0.25, -0.2) is 4.79 Å². The van der Waals surface area contributed by atoms with Crippen molar-refractivity contribution in [2.45, 2.75) is 13.3 Å². The molecule has 0 aliphatic carbocycles. The van der Waals surface area contributed by atoms with Crippen LogP contribution >= 0.6 is 0 Å². The summed E-state index contributed by atoms with van der Waals surface area (Å²) < 4.78 is 15.6. The molecule has 0 saturated carbocycles. The van der Waals surface area contributed by atoms with Gasteiger partial charge in [-0.05, 0) is 25.1 Å². The Labute approximate surface area is 115 Å². The summed E-state index contributed by atoms with van der Waals surface area (Å²) in [6.07, 6.45) is 0.512. The van der Waals surface area contributed by atoms with E-state index in [-0.39, 0.29) is 30.3 Å². The summed E-state index contributed by atoms with van der Waals surface area (Å²) in [5.41, 5.74) is -0.462. The maximum atomic E-state index is 11.6. The van der Waals surface area contributed by atoms with Crippen LogP contribution in [0.3, 0.4) is 0 Å². The zero-order valence-electron chi connectivity index (χ0n) is 11.1. The Balaban J connectivity index is 2.42. The van der Waals surface area contributed by atoms with Gasteiger partial charge in [-0.15, -0.1) is 0 Å². The molecule has 0 unspecified atom stereocenters. The molecule has 0 aliphatic heterocycles. The average molecular weight is 280 g/mol. The predicted octanol–water partition coefficient (Wildman–Crippen LogP) is 1.66. The Morgan fingerprint density at radius 1 is 1.30 bits per heavy atom. The Morgan fingerprint density at radius 2 is 2.10 bits per heavy atom. The van der Waals surface area contributed by atoms with Crippen LogP contribution in [0.1, 0.15) is 13.3 Å². The third-order valence-electron chi connectivity index (χ3n) is 2.67. The number of hydrogen-bond acceptors (Lipinski definition) is 6. The van der Waals surface area contributed by atoms with E-state index < -0.39 is 5.63 Å². The summed E-state index contributed by atoms with van der Waals surface area (Å²) in [5, 5.41) is 19.1. The number of hydrogen-bond donors (Lipinski definition) is 2. The third-order valence-corrected chi connectivity index (χ3v) is 2.67.